The number of non-ortho nitro benzene ring substituents is 1. The van der Waals surface area contributed by atoms with Crippen LogP contribution in [0.1, 0.15) is 29.6 Å². The second-order valence-corrected chi connectivity index (χ2v) is 4.20. The largest absolute Gasteiger partial charge is 0.462 e. The molecular weight excluding hydrogens is 222 g/mol. The van der Waals surface area contributed by atoms with Crippen molar-refractivity contribution < 1.29 is 14.5 Å². The van der Waals surface area contributed by atoms with Crippen molar-refractivity contribution in [2.75, 3.05) is 6.61 Å². The second kappa shape index (κ2) is 4.95. The molecule has 1 aromatic carbocycles. The summed E-state index contributed by atoms with van der Waals surface area (Å²) in [5.41, 5.74) is 0.329. The number of benzene rings is 1. The van der Waals surface area contributed by atoms with Gasteiger partial charge in [-0.3, -0.25) is 10.1 Å². The summed E-state index contributed by atoms with van der Waals surface area (Å²) in [7, 11) is 0. The maximum Gasteiger partial charge on any atom is 0.338 e. The van der Waals surface area contributed by atoms with Crippen LogP contribution in [0.2, 0.25) is 0 Å². The molecule has 1 aliphatic rings. The van der Waals surface area contributed by atoms with Crippen molar-refractivity contribution >= 4 is 11.7 Å². The first kappa shape index (κ1) is 11.6. The minimum Gasteiger partial charge on any atom is -0.462 e. The molecule has 0 radical (unpaired) electrons. The fraction of sp³-hybridized carbons (Fsp3) is 0.417. The number of nitrogens with zero attached hydrogens (tertiary/aromatic N) is 1. The molecule has 1 aromatic rings. The number of nitro benzene ring substituents is 1. The van der Waals surface area contributed by atoms with Crippen LogP contribution in [-0.4, -0.2) is 17.5 Å². The summed E-state index contributed by atoms with van der Waals surface area (Å²) in [4.78, 5) is 21.5. The lowest BCUT2D eigenvalue weighted by Gasteiger charge is -2.24. The summed E-state index contributed by atoms with van der Waals surface area (Å²) in [6, 6.07) is 5.45. The van der Waals surface area contributed by atoms with Crippen LogP contribution in [-0.2, 0) is 4.74 Å². The van der Waals surface area contributed by atoms with Gasteiger partial charge in [-0.25, -0.2) is 4.79 Å². The van der Waals surface area contributed by atoms with Crippen molar-refractivity contribution in [3.05, 3.63) is 39.9 Å². The van der Waals surface area contributed by atoms with E-state index in [4.69, 9.17) is 4.74 Å². The minimum atomic E-state index is -0.497. The lowest BCUT2D eigenvalue weighted by Crippen LogP contribution is -2.20. The summed E-state index contributed by atoms with van der Waals surface area (Å²) >= 11 is 0. The van der Waals surface area contributed by atoms with Crippen LogP contribution in [0, 0.1) is 16.0 Å². The third-order valence-corrected chi connectivity index (χ3v) is 2.99. The van der Waals surface area contributed by atoms with Gasteiger partial charge in [0.15, 0.2) is 0 Å². The fourth-order valence-corrected chi connectivity index (χ4v) is 1.66. The van der Waals surface area contributed by atoms with Crippen molar-refractivity contribution in [3.63, 3.8) is 0 Å². The number of hydrogen-bond donors (Lipinski definition) is 0. The van der Waals surface area contributed by atoms with Gasteiger partial charge in [-0.15, -0.1) is 0 Å². The van der Waals surface area contributed by atoms with Crippen molar-refractivity contribution in [2.24, 2.45) is 5.92 Å². The number of carbonyl (C=O) groups excluding carboxylic acids is 1. The standard InChI is InChI=1S/C12H13NO4/c14-12(17-8-9-2-1-3-9)10-4-6-11(7-5-10)13(15)16/h4-7,9H,1-3,8H2. The number of esters is 1. The Morgan fingerprint density at radius 3 is 2.47 bits per heavy atom. The molecule has 2 rings (SSSR count). The first-order chi connectivity index (χ1) is 8.16. The van der Waals surface area contributed by atoms with Crippen molar-refractivity contribution in [1.29, 1.82) is 0 Å². The summed E-state index contributed by atoms with van der Waals surface area (Å²) in [5.74, 6) is 0.0868. The number of nitro groups is 1. The predicted octanol–water partition coefficient (Wildman–Crippen LogP) is 2.55. The molecule has 0 N–H and O–H groups in total. The molecule has 1 saturated carbocycles. The van der Waals surface area contributed by atoms with Crippen LogP contribution in [0.5, 0.6) is 0 Å². The number of hydrogen-bond acceptors (Lipinski definition) is 4. The zero-order valence-corrected chi connectivity index (χ0v) is 9.30. The van der Waals surface area contributed by atoms with Crippen LogP contribution < -0.4 is 0 Å². The first-order valence-electron chi connectivity index (χ1n) is 5.58. The quantitative estimate of drug-likeness (QED) is 0.457. The van der Waals surface area contributed by atoms with Crippen molar-refractivity contribution in [3.8, 4) is 0 Å². The summed E-state index contributed by atoms with van der Waals surface area (Å²) in [5, 5.41) is 10.4. The van der Waals surface area contributed by atoms with Gasteiger partial charge in [0.1, 0.15) is 0 Å². The highest BCUT2D eigenvalue weighted by Crippen LogP contribution is 2.26. The normalized spacial score (nSPS) is 15.1. The van der Waals surface area contributed by atoms with E-state index < -0.39 is 10.9 Å². The van der Waals surface area contributed by atoms with E-state index >= 15 is 0 Å². The average molecular weight is 235 g/mol. The Hall–Kier alpha value is -1.91. The highest BCUT2D eigenvalue weighted by atomic mass is 16.6. The van der Waals surface area contributed by atoms with Gasteiger partial charge in [0.2, 0.25) is 0 Å². The van der Waals surface area contributed by atoms with E-state index in [1.165, 1.54) is 30.7 Å². The van der Waals surface area contributed by atoms with E-state index in [9.17, 15) is 14.9 Å². The first-order valence-corrected chi connectivity index (χ1v) is 5.58. The Bertz CT molecular complexity index is 423. The van der Waals surface area contributed by atoms with E-state index in [-0.39, 0.29) is 5.69 Å². The van der Waals surface area contributed by atoms with Gasteiger partial charge in [-0.05, 0) is 30.9 Å². The molecule has 5 heteroatoms. The van der Waals surface area contributed by atoms with E-state index in [1.807, 2.05) is 0 Å². The molecule has 0 amide bonds. The molecule has 90 valence electrons. The molecular formula is C12H13NO4. The Kier molecular flexibility index (Phi) is 3.37. The van der Waals surface area contributed by atoms with E-state index in [2.05, 4.69) is 0 Å². The molecule has 0 aliphatic heterocycles. The van der Waals surface area contributed by atoms with Crippen LogP contribution in [0.15, 0.2) is 24.3 Å². The van der Waals surface area contributed by atoms with Gasteiger partial charge >= 0.3 is 5.97 Å². The Balaban J connectivity index is 1.91. The highest BCUT2D eigenvalue weighted by Gasteiger charge is 2.19. The SMILES string of the molecule is O=C(OCC1CCC1)c1ccc([N+](=O)[O-])cc1. The Labute approximate surface area is 98.5 Å². The van der Waals surface area contributed by atoms with Crippen molar-refractivity contribution in [1.82, 2.24) is 0 Å². The van der Waals surface area contributed by atoms with Crippen LogP contribution in [0.4, 0.5) is 5.69 Å². The predicted molar refractivity (Wildman–Crippen MR) is 60.7 cm³/mol. The fourth-order valence-electron chi connectivity index (χ4n) is 1.66. The Morgan fingerprint density at radius 2 is 2.00 bits per heavy atom. The monoisotopic (exact) mass is 235 g/mol. The molecule has 0 aromatic heterocycles. The zero-order valence-electron chi connectivity index (χ0n) is 9.30. The topological polar surface area (TPSA) is 69.4 Å². The molecule has 0 heterocycles. The van der Waals surface area contributed by atoms with Gasteiger partial charge in [-0.2, -0.15) is 0 Å². The minimum absolute atomic E-state index is 0.0273. The van der Waals surface area contributed by atoms with Crippen LogP contribution in [0.25, 0.3) is 0 Å². The number of rotatable bonds is 4. The summed E-state index contributed by atoms with van der Waals surface area (Å²) < 4.78 is 5.12. The van der Waals surface area contributed by atoms with Gasteiger partial charge in [-0.1, -0.05) is 6.42 Å². The smallest absolute Gasteiger partial charge is 0.338 e. The number of ether oxygens (including phenoxy) is 1. The molecule has 1 fully saturated rings. The summed E-state index contributed by atoms with van der Waals surface area (Å²) in [6.45, 7) is 0.454. The van der Waals surface area contributed by atoms with E-state index in [0.717, 1.165) is 12.8 Å². The van der Waals surface area contributed by atoms with Crippen LogP contribution in [0.3, 0.4) is 0 Å². The molecule has 0 saturated heterocycles. The lowest BCUT2D eigenvalue weighted by atomic mass is 9.86. The van der Waals surface area contributed by atoms with E-state index in [1.54, 1.807) is 0 Å². The van der Waals surface area contributed by atoms with Gasteiger partial charge < -0.3 is 4.74 Å². The molecule has 0 atom stereocenters. The van der Waals surface area contributed by atoms with Crippen LogP contribution >= 0.6 is 0 Å². The maximum atomic E-state index is 11.6. The average Bonchev–Trinajstić information content (AvgIpc) is 2.27. The zero-order chi connectivity index (χ0) is 12.3. The molecule has 1 aliphatic carbocycles. The second-order valence-electron chi connectivity index (χ2n) is 4.20. The van der Waals surface area contributed by atoms with Gasteiger partial charge in [0.25, 0.3) is 5.69 Å². The van der Waals surface area contributed by atoms with Gasteiger partial charge in [0.05, 0.1) is 17.1 Å². The molecule has 0 unspecified atom stereocenters. The molecule has 5 nitrogen and oxygen atoms in total. The van der Waals surface area contributed by atoms with E-state index in [0.29, 0.717) is 18.1 Å². The lowest BCUT2D eigenvalue weighted by molar-refractivity contribution is -0.384. The Morgan fingerprint density at radius 1 is 1.35 bits per heavy atom. The third kappa shape index (κ3) is 2.81. The third-order valence-electron chi connectivity index (χ3n) is 2.99. The number of carbonyl (C=O) groups is 1. The van der Waals surface area contributed by atoms with Crippen molar-refractivity contribution in [2.45, 2.75) is 19.3 Å². The summed E-state index contributed by atoms with van der Waals surface area (Å²) in [6.07, 6.45) is 3.45. The highest BCUT2D eigenvalue weighted by molar-refractivity contribution is 5.89. The molecule has 0 spiro atoms. The maximum absolute atomic E-state index is 11.6. The molecule has 17 heavy (non-hydrogen) atoms. The molecule has 0 bridgehead atoms. The van der Waals surface area contributed by atoms with Gasteiger partial charge in [0, 0.05) is 12.1 Å².